The van der Waals surface area contributed by atoms with Crippen molar-refractivity contribution in [2.45, 2.75) is 0 Å². The van der Waals surface area contributed by atoms with E-state index in [0.717, 1.165) is 0 Å². The van der Waals surface area contributed by atoms with E-state index >= 15 is 0 Å². The highest BCUT2D eigenvalue weighted by molar-refractivity contribution is 5.84. The Morgan fingerprint density at radius 2 is 2.07 bits per heavy atom. The molecule has 1 aromatic heterocycles. The molecule has 1 heterocycles. The van der Waals surface area contributed by atoms with Gasteiger partial charge < -0.3 is 0 Å². The van der Waals surface area contributed by atoms with Crippen LogP contribution in [0.2, 0.25) is 0 Å². The van der Waals surface area contributed by atoms with Gasteiger partial charge >= 0.3 is 0 Å². The summed E-state index contributed by atoms with van der Waals surface area (Å²) in [5.74, 6) is -0.364. The Morgan fingerprint density at radius 1 is 1.29 bits per heavy atom. The van der Waals surface area contributed by atoms with E-state index in [4.69, 9.17) is 0 Å². The quantitative estimate of drug-likeness (QED) is 0.736. The molecule has 0 bridgehead atoms. The number of carbonyl (C=O) groups is 1. The van der Waals surface area contributed by atoms with Crippen LogP contribution in [0, 0.1) is 5.82 Å². The zero-order chi connectivity index (χ0) is 9.97. The van der Waals surface area contributed by atoms with Gasteiger partial charge in [0.1, 0.15) is 11.5 Å². The Balaban J connectivity index is 2.60. The number of carbonyl (C=O) groups excluding carboxylic acids is 1. The zero-order valence-electron chi connectivity index (χ0n) is 7.20. The SMILES string of the molecule is O=Cc1[nH]ncc1-c1ccccc1F. The highest BCUT2D eigenvalue weighted by Crippen LogP contribution is 2.23. The number of aromatic amines is 1. The zero-order valence-corrected chi connectivity index (χ0v) is 7.20. The Kier molecular flexibility index (Phi) is 2.10. The molecule has 0 aliphatic rings. The van der Waals surface area contributed by atoms with Gasteiger partial charge in [0, 0.05) is 11.1 Å². The van der Waals surface area contributed by atoms with Crippen molar-refractivity contribution in [3.8, 4) is 11.1 Å². The topological polar surface area (TPSA) is 45.8 Å². The molecule has 0 atom stereocenters. The van der Waals surface area contributed by atoms with Gasteiger partial charge in [-0.15, -0.1) is 0 Å². The Bertz CT molecular complexity index is 465. The lowest BCUT2D eigenvalue weighted by molar-refractivity contribution is 0.111. The van der Waals surface area contributed by atoms with E-state index in [9.17, 15) is 9.18 Å². The predicted octanol–water partition coefficient (Wildman–Crippen LogP) is 2.03. The molecule has 2 aromatic rings. The monoisotopic (exact) mass is 190 g/mol. The largest absolute Gasteiger partial charge is 0.296 e. The number of halogens is 1. The number of aromatic nitrogens is 2. The van der Waals surface area contributed by atoms with E-state index in [0.29, 0.717) is 17.4 Å². The van der Waals surface area contributed by atoms with Crippen molar-refractivity contribution in [3.63, 3.8) is 0 Å². The number of hydrogen-bond acceptors (Lipinski definition) is 2. The van der Waals surface area contributed by atoms with Crippen LogP contribution in [0.15, 0.2) is 30.5 Å². The van der Waals surface area contributed by atoms with Crippen molar-refractivity contribution >= 4 is 6.29 Å². The summed E-state index contributed by atoms with van der Waals surface area (Å²) in [6, 6.07) is 6.25. The summed E-state index contributed by atoms with van der Waals surface area (Å²) in [4.78, 5) is 10.6. The number of nitrogens with zero attached hydrogens (tertiary/aromatic N) is 1. The molecule has 1 N–H and O–H groups in total. The van der Waals surface area contributed by atoms with Gasteiger partial charge in [-0.1, -0.05) is 18.2 Å². The molecule has 70 valence electrons. The lowest BCUT2D eigenvalue weighted by Gasteiger charge is -1.99. The first-order valence-corrected chi connectivity index (χ1v) is 4.06. The molecule has 3 nitrogen and oxygen atoms in total. The molecule has 0 radical (unpaired) electrons. The molecule has 14 heavy (non-hydrogen) atoms. The van der Waals surface area contributed by atoms with Crippen LogP contribution in [0.25, 0.3) is 11.1 Å². The number of H-pyrrole nitrogens is 1. The maximum absolute atomic E-state index is 13.3. The summed E-state index contributed by atoms with van der Waals surface area (Å²) in [6.07, 6.45) is 2.05. The number of nitrogens with one attached hydrogen (secondary N) is 1. The minimum absolute atomic E-state index is 0.287. The maximum atomic E-state index is 13.3. The fraction of sp³-hybridized carbons (Fsp3) is 0. The smallest absolute Gasteiger partial charge is 0.168 e. The molecular formula is C10H7FN2O. The second kappa shape index (κ2) is 3.41. The van der Waals surface area contributed by atoms with Crippen molar-refractivity contribution in [1.82, 2.24) is 10.2 Å². The lowest BCUT2D eigenvalue weighted by atomic mass is 10.1. The van der Waals surface area contributed by atoms with E-state index in [2.05, 4.69) is 10.2 Å². The van der Waals surface area contributed by atoms with Crippen molar-refractivity contribution in [3.05, 3.63) is 42.0 Å². The summed E-state index contributed by atoms with van der Waals surface area (Å²) >= 11 is 0. The number of hydrogen-bond donors (Lipinski definition) is 1. The highest BCUT2D eigenvalue weighted by Gasteiger charge is 2.09. The lowest BCUT2D eigenvalue weighted by Crippen LogP contribution is -1.87. The molecule has 1 aromatic carbocycles. The molecule has 0 saturated heterocycles. The van der Waals surface area contributed by atoms with Crippen LogP contribution in [-0.2, 0) is 0 Å². The molecule has 0 amide bonds. The molecule has 0 unspecified atom stereocenters. The fourth-order valence-electron chi connectivity index (χ4n) is 1.28. The minimum Gasteiger partial charge on any atom is -0.296 e. The average Bonchev–Trinajstić information content (AvgIpc) is 2.66. The van der Waals surface area contributed by atoms with Crippen LogP contribution < -0.4 is 0 Å². The third-order valence-corrected chi connectivity index (χ3v) is 1.95. The first kappa shape index (κ1) is 8.62. The second-order valence-corrected chi connectivity index (χ2v) is 2.80. The van der Waals surface area contributed by atoms with Crippen molar-refractivity contribution in [2.24, 2.45) is 0 Å². The summed E-state index contributed by atoms with van der Waals surface area (Å²) in [7, 11) is 0. The van der Waals surface area contributed by atoms with Crippen LogP contribution >= 0.6 is 0 Å². The van der Waals surface area contributed by atoms with Crippen LogP contribution in [0.3, 0.4) is 0 Å². The Hall–Kier alpha value is -1.97. The van der Waals surface area contributed by atoms with Gasteiger partial charge in [0.05, 0.1) is 6.20 Å². The van der Waals surface area contributed by atoms with Crippen molar-refractivity contribution in [2.75, 3.05) is 0 Å². The molecule has 0 aliphatic heterocycles. The molecule has 2 rings (SSSR count). The van der Waals surface area contributed by atoms with Gasteiger partial charge in [-0.25, -0.2) is 4.39 Å². The maximum Gasteiger partial charge on any atom is 0.168 e. The van der Waals surface area contributed by atoms with Crippen LogP contribution in [-0.4, -0.2) is 16.5 Å². The van der Waals surface area contributed by atoms with E-state index in [1.54, 1.807) is 18.2 Å². The first-order chi connectivity index (χ1) is 6.83. The van der Waals surface area contributed by atoms with Gasteiger partial charge in [0.2, 0.25) is 0 Å². The molecule has 0 aliphatic carbocycles. The van der Waals surface area contributed by atoms with E-state index < -0.39 is 0 Å². The third-order valence-electron chi connectivity index (χ3n) is 1.95. The Labute approximate surface area is 79.6 Å². The molecule has 0 saturated carbocycles. The van der Waals surface area contributed by atoms with Gasteiger partial charge in [0.15, 0.2) is 6.29 Å². The highest BCUT2D eigenvalue weighted by atomic mass is 19.1. The summed E-state index contributed by atoms with van der Waals surface area (Å²) in [5.41, 5.74) is 1.15. The fourth-order valence-corrected chi connectivity index (χ4v) is 1.28. The van der Waals surface area contributed by atoms with Gasteiger partial charge in [-0.3, -0.25) is 9.89 Å². The predicted molar refractivity (Wildman–Crippen MR) is 49.4 cm³/mol. The average molecular weight is 190 g/mol. The number of benzene rings is 1. The molecule has 0 fully saturated rings. The van der Waals surface area contributed by atoms with Gasteiger partial charge in [0.25, 0.3) is 0 Å². The molecule has 4 heteroatoms. The standard InChI is InChI=1S/C10H7FN2O/c11-9-4-2-1-3-7(9)8-5-12-13-10(8)6-14/h1-6H,(H,12,13). The minimum atomic E-state index is -0.364. The van der Waals surface area contributed by atoms with Gasteiger partial charge in [-0.05, 0) is 6.07 Å². The molecular weight excluding hydrogens is 183 g/mol. The second-order valence-electron chi connectivity index (χ2n) is 2.80. The molecule has 0 spiro atoms. The van der Waals surface area contributed by atoms with Gasteiger partial charge in [-0.2, -0.15) is 5.10 Å². The van der Waals surface area contributed by atoms with Crippen LogP contribution in [0.4, 0.5) is 4.39 Å². The third kappa shape index (κ3) is 1.31. The van der Waals surface area contributed by atoms with E-state index in [1.165, 1.54) is 12.3 Å². The number of rotatable bonds is 2. The summed E-state index contributed by atoms with van der Waals surface area (Å²) < 4.78 is 13.3. The van der Waals surface area contributed by atoms with Crippen molar-refractivity contribution in [1.29, 1.82) is 0 Å². The summed E-state index contributed by atoms with van der Waals surface area (Å²) in [6.45, 7) is 0. The van der Waals surface area contributed by atoms with Crippen LogP contribution in [0.1, 0.15) is 10.5 Å². The van der Waals surface area contributed by atoms with Crippen LogP contribution in [0.5, 0.6) is 0 Å². The summed E-state index contributed by atoms with van der Waals surface area (Å²) in [5, 5.41) is 6.18. The van der Waals surface area contributed by atoms with Crippen molar-refractivity contribution < 1.29 is 9.18 Å². The van der Waals surface area contributed by atoms with E-state index in [-0.39, 0.29) is 11.5 Å². The first-order valence-electron chi connectivity index (χ1n) is 4.06. The van der Waals surface area contributed by atoms with E-state index in [1.807, 2.05) is 0 Å². The Morgan fingerprint density at radius 3 is 2.79 bits per heavy atom. The number of aldehydes is 1. The normalized spacial score (nSPS) is 10.1.